The Bertz CT molecular complexity index is 1040. The number of nitrogens with zero attached hydrogens (tertiary/aromatic N) is 3. The first kappa shape index (κ1) is 18.2. The SMILES string of the molecule is Cc1cc(C)cc(Nc2nc(C)cc(C(=O)N3c4ccccc4CC3C)n2)c1. The Morgan fingerprint density at radius 3 is 2.50 bits per heavy atom. The summed E-state index contributed by atoms with van der Waals surface area (Å²) in [5.74, 6) is 0.347. The molecule has 2 aromatic carbocycles. The first-order chi connectivity index (χ1) is 13.4. The van der Waals surface area contributed by atoms with E-state index in [-0.39, 0.29) is 11.9 Å². The molecule has 0 saturated carbocycles. The van der Waals surface area contributed by atoms with Crippen molar-refractivity contribution in [1.29, 1.82) is 0 Å². The van der Waals surface area contributed by atoms with Crippen molar-refractivity contribution < 1.29 is 4.79 Å². The second-order valence-electron chi connectivity index (χ2n) is 7.58. The van der Waals surface area contributed by atoms with Crippen molar-refractivity contribution in [2.24, 2.45) is 0 Å². The average molecular weight is 372 g/mol. The highest BCUT2D eigenvalue weighted by Gasteiger charge is 2.32. The maximum absolute atomic E-state index is 13.3. The monoisotopic (exact) mass is 372 g/mol. The number of hydrogen-bond donors (Lipinski definition) is 1. The van der Waals surface area contributed by atoms with E-state index in [1.807, 2.05) is 42.2 Å². The highest BCUT2D eigenvalue weighted by atomic mass is 16.2. The highest BCUT2D eigenvalue weighted by molar-refractivity contribution is 6.06. The molecule has 142 valence electrons. The van der Waals surface area contributed by atoms with Gasteiger partial charge in [0.2, 0.25) is 5.95 Å². The van der Waals surface area contributed by atoms with Crippen molar-refractivity contribution in [2.45, 2.75) is 40.2 Å². The quantitative estimate of drug-likeness (QED) is 0.722. The number of aryl methyl sites for hydroxylation is 3. The van der Waals surface area contributed by atoms with Gasteiger partial charge in [0.25, 0.3) is 5.91 Å². The van der Waals surface area contributed by atoms with E-state index in [0.29, 0.717) is 11.6 Å². The first-order valence-electron chi connectivity index (χ1n) is 9.53. The van der Waals surface area contributed by atoms with Crippen LogP contribution in [0.1, 0.15) is 39.8 Å². The predicted molar refractivity (Wildman–Crippen MR) is 112 cm³/mol. The lowest BCUT2D eigenvalue weighted by Gasteiger charge is -2.22. The van der Waals surface area contributed by atoms with Crippen molar-refractivity contribution in [2.75, 3.05) is 10.2 Å². The summed E-state index contributed by atoms with van der Waals surface area (Å²) in [6, 6.07) is 16.1. The fourth-order valence-electron chi connectivity index (χ4n) is 3.91. The summed E-state index contributed by atoms with van der Waals surface area (Å²) >= 11 is 0. The third-order valence-corrected chi connectivity index (χ3v) is 4.98. The number of amides is 1. The zero-order chi connectivity index (χ0) is 19.8. The minimum Gasteiger partial charge on any atom is -0.324 e. The van der Waals surface area contributed by atoms with E-state index in [4.69, 9.17) is 0 Å². The van der Waals surface area contributed by atoms with E-state index in [2.05, 4.69) is 48.2 Å². The molecule has 0 fully saturated rings. The maximum atomic E-state index is 13.3. The van der Waals surface area contributed by atoms with Gasteiger partial charge in [-0.2, -0.15) is 0 Å². The molecule has 1 atom stereocenters. The molecule has 0 bridgehead atoms. The molecule has 3 aromatic rings. The Hall–Kier alpha value is -3.21. The predicted octanol–water partition coefficient (Wildman–Crippen LogP) is 4.74. The van der Waals surface area contributed by atoms with Crippen molar-refractivity contribution >= 4 is 23.2 Å². The zero-order valence-corrected chi connectivity index (χ0v) is 16.7. The van der Waals surface area contributed by atoms with Gasteiger partial charge >= 0.3 is 0 Å². The third-order valence-electron chi connectivity index (χ3n) is 4.98. The number of para-hydroxylation sites is 1. The molecule has 5 nitrogen and oxygen atoms in total. The van der Waals surface area contributed by atoms with E-state index in [1.54, 1.807) is 6.07 Å². The van der Waals surface area contributed by atoms with Crippen LogP contribution in [0.5, 0.6) is 0 Å². The van der Waals surface area contributed by atoms with E-state index >= 15 is 0 Å². The number of anilines is 3. The molecule has 0 aliphatic carbocycles. The van der Waals surface area contributed by atoms with Gasteiger partial charge in [0.05, 0.1) is 0 Å². The fraction of sp³-hybridized carbons (Fsp3) is 0.261. The van der Waals surface area contributed by atoms with Crippen LogP contribution in [0.2, 0.25) is 0 Å². The Morgan fingerprint density at radius 2 is 1.75 bits per heavy atom. The van der Waals surface area contributed by atoms with Gasteiger partial charge in [-0.3, -0.25) is 4.79 Å². The van der Waals surface area contributed by atoms with Crippen molar-refractivity contribution in [1.82, 2.24) is 9.97 Å². The zero-order valence-electron chi connectivity index (χ0n) is 16.7. The molecule has 1 amide bonds. The summed E-state index contributed by atoms with van der Waals surface area (Å²) in [5.41, 5.74) is 6.57. The molecular weight excluding hydrogens is 348 g/mol. The van der Waals surface area contributed by atoms with Gasteiger partial charge in [-0.25, -0.2) is 9.97 Å². The largest absolute Gasteiger partial charge is 0.324 e. The van der Waals surface area contributed by atoms with Crippen LogP contribution in [0, 0.1) is 20.8 Å². The normalized spacial score (nSPS) is 15.4. The number of rotatable bonds is 3. The second-order valence-corrected chi connectivity index (χ2v) is 7.58. The Morgan fingerprint density at radius 1 is 1.04 bits per heavy atom. The molecule has 1 aromatic heterocycles. The minimum atomic E-state index is -0.0913. The number of nitrogens with one attached hydrogen (secondary N) is 1. The minimum absolute atomic E-state index is 0.0913. The smallest absolute Gasteiger partial charge is 0.277 e. The molecule has 28 heavy (non-hydrogen) atoms. The number of carbonyl (C=O) groups excluding carboxylic acids is 1. The number of hydrogen-bond acceptors (Lipinski definition) is 4. The van der Waals surface area contributed by atoms with Crippen LogP contribution in [0.25, 0.3) is 0 Å². The number of benzene rings is 2. The van der Waals surface area contributed by atoms with Crippen LogP contribution >= 0.6 is 0 Å². The lowest BCUT2D eigenvalue weighted by molar-refractivity contribution is 0.0976. The molecule has 0 radical (unpaired) electrons. The van der Waals surface area contributed by atoms with E-state index < -0.39 is 0 Å². The van der Waals surface area contributed by atoms with Gasteiger partial charge in [0, 0.05) is 23.1 Å². The molecule has 2 heterocycles. The summed E-state index contributed by atoms with van der Waals surface area (Å²) in [7, 11) is 0. The van der Waals surface area contributed by atoms with Gasteiger partial charge in [-0.1, -0.05) is 24.3 Å². The maximum Gasteiger partial charge on any atom is 0.277 e. The lowest BCUT2D eigenvalue weighted by Crippen LogP contribution is -2.36. The molecule has 1 aliphatic rings. The summed E-state index contributed by atoms with van der Waals surface area (Å²) in [6.07, 6.45) is 0.861. The van der Waals surface area contributed by atoms with Gasteiger partial charge < -0.3 is 10.2 Å². The van der Waals surface area contributed by atoms with E-state index in [0.717, 1.165) is 34.6 Å². The van der Waals surface area contributed by atoms with Crippen molar-refractivity contribution in [3.63, 3.8) is 0 Å². The molecule has 1 aliphatic heterocycles. The van der Waals surface area contributed by atoms with Crippen molar-refractivity contribution in [3.8, 4) is 0 Å². The molecule has 0 spiro atoms. The molecule has 0 saturated heterocycles. The van der Waals surface area contributed by atoms with Gasteiger partial charge in [-0.05, 0) is 75.1 Å². The fourth-order valence-corrected chi connectivity index (χ4v) is 3.91. The first-order valence-corrected chi connectivity index (χ1v) is 9.53. The Labute approximate surface area is 165 Å². The number of fused-ring (bicyclic) bond motifs is 1. The van der Waals surface area contributed by atoms with Crippen LogP contribution in [-0.2, 0) is 6.42 Å². The van der Waals surface area contributed by atoms with Crippen LogP contribution in [-0.4, -0.2) is 21.9 Å². The Kier molecular flexibility index (Phi) is 4.59. The van der Waals surface area contributed by atoms with Crippen LogP contribution in [0.3, 0.4) is 0 Å². The van der Waals surface area contributed by atoms with Gasteiger partial charge in [0.1, 0.15) is 5.69 Å². The second kappa shape index (κ2) is 7.08. The van der Waals surface area contributed by atoms with Crippen LogP contribution < -0.4 is 10.2 Å². The summed E-state index contributed by atoms with van der Waals surface area (Å²) in [4.78, 5) is 24.1. The van der Waals surface area contributed by atoms with Crippen molar-refractivity contribution in [3.05, 3.63) is 76.6 Å². The number of aromatic nitrogens is 2. The highest BCUT2D eigenvalue weighted by Crippen LogP contribution is 2.33. The third kappa shape index (κ3) is 3.48. The molecule has 5 heteroatoms. The average Bonchev–Trinajstić information content (AvgIpc) is 2.95. The van der Waals surface area contributed by atoms with Gasteiger partial charge in [-0.15, -0.1) is 0 Å². The van der Waals surface area contributed by atoms with Crippen LogP contribution in [0.15, 0.2) is 48.5 Å². The summed E-state index contributed by atoms with van der Waals surface area (Å²) < 4.78 is 0. The molecule has 1 unspecified atom stereocenters. The van der Waals surface area contributed by atoms with Crippen LogP contribution in [0.4, 0.5) is 17.3 Å². The standard InChI is InChI=1S/C23H24N4O/c1-14-9-15(2)11-19(10-14)25-23-24-16(3)12-20(26-23)22(28)27-17(4)13-18-7-5-6-8-21(18)27/h5-12,17H,13H2,1-4H3,(H,24,25,26). The van der Waals surface area contributed by atoms with E-state index in [9.17, 15) is 4.79 Å². The topological polar surface area (TPSA) is 58.1 Å². The molecule has 4 rings (SSSR count). The van der Waals surface area contributed by atoms with E-state index in [1.165, 1.54) is 5.56 Å². The summed E-state index contributed by atoms with van der Waals surface area (Å²) in [6.45, 7) is 8.06. The van der Waals surface area contributed by atoms with Gasteiger partial charge in [0.15, 0.2) is 0 Å². The lowest BCUT2D eigenvalue weighted by atomic mass is 10.1. The molecule has 1 N–H and O–H groups in total. The summed E-state index contributed by atoms with van der Waals surface area (Å²) in [5, 5.41) is 3.25. The number of carbonyl (C=O) groups is 1. The molecular formula is C23H24N4O. The Balaban J connectivity index is 1.66.